The van der Waals surface area contributed by atoms with Crippen molar-refractivity contribution in [2.45, 2.75) is 6.18 Å². The molecule has 3 rings (SSSR count). The van der Waals surface area contributed by atoms with Crippen LogP contribution in [0.5, 0.6) is 5.75 Å². The molecule has 0 saturated heterocycles. The van der Waals surface area contributed by atoms with Crippen LogP contribution in [0.3, 0.4) is 0 Å². The third-order valence-corrected chi connectivity index (χ3v) is 4.61. The Morgan fingerprint density at radius 3 is 1.73 bits per heavy atom. The molecule has 0 aromatic heterocycles. The van der Waals surface area contributed by atoms with Crippen molar-refractivity contribution in [1.82, 2.24) is 4.90 Å². The van der Waals surface area contributed by atoms with Gasteiger partial charge >= 0.3 is 6.18 Å². The van der Waals surface area contributed by atoms with E-state index in [1.165, 1.54) is 12.1 Å². The van der Waals surface area contributed by atoms with Gasteiger partial charge in [0, 0.05) is 12.1 Å². The van der Waals surface area contributed by atoms with Gasteiger partial charge in [-0.25, -0.2) is 0 Å². The quantitative estimate of drug-likeness (QED) is 0.433. The minimum Gasteiger partial charge on any atom is -0.492 e. The Kier molecular flexibility index (Phi) is 6.95. The summed E-state index contributed by atoms with van der Waals surface area (Å²) in [6.45, 7) is 1.26. The zero-order chi connectivity index (χ0) is 21.6. The van der Waals surface area contributed by atoms with Crippen LogP contribution in [-0.4, -0.2) is 38.3 Å². The van der Waals surface area contributed by atoms with E-state index < -0.39 is 11.7 Å². The van der Waals surface area contributed by atoms with Crippen molar-refractivity contribution in [3.63, 3.8) is 0 Å². The average molecular weight is 411 g/mol. The third-order valence-electron chi connectivity index (χ3n) is 4.61. The summed E-state index contributed by atoms with van der Waals surface area (Å²) in [6.07, 6.45) is -4.52. The third kappa shape index (κ3) is 5.51. The highest BCUT2D eigenvalue weighted by molar-refractivity contribution is 6.00. The van der Waals surface area contributed by atoms with E-state index in [0.29, 0.717) is 23.5 Å². The zero-order valence-corrected chi connectivity index (χ0v) is 17.0. The molecule has 0 atom stereocenters. The van der Waals surface area contributed by atoms with Crippen LogP contribution < -0.4 is 4.74 Å². The highest BCUT2D eigenvalue weighted by Gasteiger charge is 2.38. The number of likely N-dealkylation sites (N-methyl/N-ethyl adjacent to an activating group) is 1. The summed E-state index contributed by atoms with van der Waals surface area (Å²) in [5, 5.41) is 0. The lowest BCUT2D eigenvalue weighted by atomic mass is 9.89. The second-order valence-electron chi connectivity index (χ2n) is 7.16. The number of benzene rings is 3. The highest BCUT2D eigenvalue weighted by atomic mass is 19.4. The molecule has 0 aliphatic rings. The molecule has 0 spiro atoms. The molecule has 156 valence electrons. The Balaban J connectivity index is 2.11. The number of halogens is 3. The number of hydrogen-bond acceptors (Lipinski definition) is 2. The Morgan fingerprint density at radius 1 is 0.733 bits per heavy atom. The first kappa shape index (κ1) is 21.7. The summed E-state index contributed by atoms with van der Waals surface area (Å²) in [5.74, 6) is 0.626. The normalized spacial score (nSPS) is 12.6. The summed E-state index contributed by atoms with van der Waals surface area (Å²) in [4.78, 5) is 2.00. The summed E-state index contributed by atoms with van der Waals surface area (Å²) in [5.41, 5.74) is 0.618. The molecule has 2 nitrogen and oxygen atoms in total. The van der Waals surface area contributed by atoms with E-state index >= 15 is 0 Å². The molecule has 5 heteroatoms. The molecule has 0 unspecified atom stereocenters. The smallest absolute Gasteiger partial charge is 0.417 e. The van der Waals surface area contributed by atoms with E-state index in [1.54, 1.807) is 72.8 Å². The fourth-order valence-corrected chi connectivity index (χ4v) is 3.18. The van der Waals surface area contributed by atoms with Gasteiger partial charge < -0.3 is 9.64 Å². The minimum atomic E-state index is -4.52. The molecule has 0 amide bonds. The van der Waals surface area contributed by atoms with E-state index in [1.807, 2.05) is 19.0 Å². The topological polar surface area (TPSA) is 12.5 Å². The van der Waals surface area contributed by atoms with Gasteiger partial charge in [0.15, 0.2) is 0 Å². The standard InChI is InChI=1S/C25H24F3NO/c1-29(2)17-18-30-22-15-13-20(14-16-22)23(19-9-5-3-6-10-19)24(25(26,27)28)21-11-7-4-8-12-21/h3-16H,17-18H2,1-2H3/b24-23-. The van der Waals surface area contributed by atoms with Crippen LogP contribution in [0, 0.1) is 0 Å². The number of hydrogen-bond donors (Lipinski definition) is 0. The maximum atomic E-state index is 14.3. The van der Waals surface area contributed by atoms with E-state index in [-0.39, 0.29) is 11.1 Å². The van der Waals surface area contributed by atoms with Gasteiger partial charge in [-0.15, -0.1) is 0 Å². The molecular formula is C25H24F3NO. The molecule has 0 radical (unpaired) electrons. The molecule has 30 heavy (non-hydrogen) atoms. The largest absolute Gasteiger partial charge is 0.492 e. The number of ether oxygens (including phenoxy) is 1. The Bertz CT molecular complexity index is 963. The van der Waals surface area contributed by atoms with E-state index in [2.05, 4.69) is 0 Å². The first-order chi connectivity index (χ1) is 14.4. The summed E-state index contributed by atoms with van der Waals surface area (Å²) >= 11 is 0. The second kappa shape index (κ2) is 9.63. The van der Waals surface area contributed by atoms with Gasteiger partial charge in [0.1, 0.15) is 12.4 Å². The van der Waals surface area contributed by atoms with Crippen LogP contribution >= 0.6 is 0 Å². The second-order valence-corrected chi connectivity index (χ2v) is 7.16. The molecular weight excluding hydrogens is 387 g/mol. The molecule has 0 bridgehead atoms. The molecule has 0 fully saturated rings. The Labute approximate surface area is 175 Å². The van der Waals surface area contributed by atoms with Crippen LogP contribution in [-0.2, 0) is 0 Å². The fraction of sp³-hybridized carbons (Fsp3) is 0.200. The Hall–Kier alpha value is -3.05. The van der Waals surface area contributed by atoms with Crippen molar-refractivity contribution in [2.24, 2.45) is 0 Å². The number of alkyl halides is 3. The maximum absolute atomic E-state index is 14.3. The van der Waals surface area contributed by atoms with E-state index in [4.69, 9.17) is 4.74 Å². The van der Waals surface area contributed by atoms with Gasteiger partial charge in [-0.05, 0) is 42.9 Å². The minimum absolute atomic E-state index is 0.134. The van der Waals surface area contributed by atoms with Crippen LogP contribution in [0.2, 0.25) is 0 Å². The summed E-state index contributed by atoms with van der Waals surface area (Å²) < 4.78 is 48.5. The molecule has 0 aliphatic heterocycles. The van der Waals surface area contributed by atoms with Crippen molar-refractivity contribution in [3.05, 3.63) is 102 Å². The van der Waals surface area contributed by atoms with Gasteiger partial charge in [-0.1, -0.05) is 72.8 Å². The lowest BCUT2D eigenvalue weighted by molar-refractivity contribution is -0.0685. The number of allylic oxidation sites excluding steroid dienone is 1. The van der Waals surface area contributed by atoms with Crippen molar-refractivity contribution in [1.29, 1.82) is 0 Å². The predicted octanol–water partition coefficient (Wildman–Crippen LogP) is 6.15. The molecule has 3 aromatic rings. The number of nitrogens with zero attached hydrogens (tertiary/aromatic N) is 1. The maximum Gasteiger partial charge on any atom is 0.417 e. The van der Waals surface area contributed by atoms with E-state index in [9.17, 15) is 13.2 Å². The SMILES string of the molecule is CN(C)CCOc1ccc(/C(=C(/c2ccccc2)C(F)(F)F)c2ccccc2)cc1. The van der Waals surface area contributed by atoms with Crippen LogP contribution in [0.25, 0.3) is 11.1 Å². The lowest BCUT2D eigenvalue weighted by Crippen LogP contribution is -2.19. The van der Waals surface area contributed by atoms with E-state index in [0.717, 1.165) is 6.54 Å². The summed E-state index contributed by atoms with van der Waals surface area (Å²) in [7, 11) is 3.90. The van der Waals surface area contributed by atoms with Crippen LogP contribution in [0.4, 0.5) is 13.2 Å². The monoisotopic (exact) mass is 411 g/mol. The van der Waals surface area contributed by atoms with Crippen molar-refractivity contribution in [3.8, 4) is 5.75 Å². The van der Waals surface area contributed by atoms with Crippen molar-refractivity contribution >= 4 is 11.1 Å². The van der Waals surface area contributed by atoms with Crippen LogP contribution in [0.15, 0.2) is 84.9 Å². The van der Waals surface area contributed by atoms with Gasteiger partial charge in [0.2, 0.25) is 0 Å². The first-order valence-electron chi connectivity index (χ1n) is 9.66. The average Bonchev–Trinajstić information content (AvgIpc) is 2.73. The van der Waals surface area contributed by atoms with Gasteiger partial charge in [0.05, 0.1) is 5.57 Å². The zero-order valence-electron chi connectivity index (χ0n) is 17.0. The van der Waals surface area contributed by atoms with Gasteiger partial charge in [0.25, 0.3) is 0 Å². The predicted molar refractivity (Wildman–Crippen MR) is 115 cm³/mol. The van der Waals surface area contributed by atoms with Crippen LogP contribution in [0.1, 0.15) is 16.7 Å². The lowest BCUT2D eigenvalue weighted by Gasteiger charge is -2.20. The van der Waals surface area contributed by atoms with Gasteiger partial charge in [-0.3, -0.25) is 0 Å². The highest BCUT2D eigenvalue weighted by Crippen LogP contribution is 2.42. The molecule has 0 saturated carbocycles. The molecule has 3 aromatic carbocycles. The van der Waals surface area contributed by atoms with Gasteiger partial charge in [-0.2, -0.15) is 13.2 Å². The van der Waals surface area contributed by atoms with Crippen molar-refractivity contribution in [2.75, 3.05) is 27.2 Å². The number of rotatable bonds is 7. The Morgan fingerprint density at radius 2 is 1.23 bits per heavy atom. The molecule has 0 heterocycles. The first-order valence-corrected chi connectivity index (χ1v) is 9.66. The molecule has 0 N–H and O–H groups in total. The fourth-order valence-electron chi connectivity index (χ4n) is 3.18. The summed E-state index contributed by atoms with van der Waals surface area (Å²) in [6, 6.07) is 23.4. The molecule has 0 aliphatic carbocycles. The van der Waals surface area contributed by atoms with Crippen molar-refractivity contribution < 1.29 is 17.9 Å².